The van der Waals surface area contributed by atoms with Crippen molar-refractivity contribution in [2.45, 2.75) is 59.0 Å². The number of aryl methyl sites for hydroxylation is 1. The molecule has 0 spiro atoms. The van der Waals surface area contributed by atoms with E-state index in [4.69, 9.17) is 14.2 Å². The predicted molar refractivity (Wildman–Crippen MR) is 233 cm³/mol. The van der Waals surface area contributed by atoms with Crippen molar-refractivity contribution in [1.29, 1.82) is 0 Å². The number of para-hydroxylation sites is 2. The molecule has 10 heteroatoms. The highest BCUT2D eigenvalue weighted by Crippen LogP contribution is 2.49. The van der Waals surface area contributed by atoms with E-state index in [0.29, 0.717) is 18.8 Å². The number of esters is 2. The van der Waals surface area contributed by atoms with Crippen molar-refractivity contribution in [2.75, 3.05) is 38.3 Å². The third-order valence-corrected chi connectivity index (χ3v) is 11.6. The Bertz CT molecular complexity index is 2520. The summed E-state index contributed by atoms with van der Waals surface area (Å²) in [6.45, 7) is 13.2. The summed E-state index contributed by atoms with van der Waals surface area (Å²) in [5.74, 6) is -0.641. The molecule has 60 heavy (non-hydrogen) atoms. The SMILES string of the molecule is CC(=O)OCCN1/C(=C/C=C2C(N(C)C(=O)OCc3ccc[n+](C)c3)=C(/C=C/C3=[N+](CCOC(C)=O)c4ccccc4C3(C)C)c3ccccc3/2)C(C)(C)c2ccccc21. The van der Waals surface area contributed by atoms with Gasteiger partial charge in [-0.2, -0.15) is 4.58 Å². The number of hydrogen-bond donors (Lipinski definition) is 0. The van der Waals surface area contributed by atoms with E-state index in [1.54, 1.807) is 11.9 Å². The molecule has 1 amide bonds. The van der Waals surface area contributed by atoms with Gasteiger partial charge in [0.05, 0.1) is 23.2 Å². The smallest absolute Gasteiger partial charge is 0.414 e. The van der Waals surface area contributed by atoms with Gasteiger partial charge in [0.2, 0.25) is 5.69 Å². The number of ether oxygens (including phenoxy) is 3. The zero-order chi connectivity index (χ0) is 42.8. The van der Waals surface area contributed by atoms with Crippen molar-refractivity contribution in [3.05, 3.63) is 161 Å². The molecule has 0 saturated carbocycles. The lowest BCUT2D eigenvalue weighted by Crippen LogP contribution is -2.30. The van der Waals surface area contributed by atoms with Crippen LogP contribution in [0.25, 0.3) is 11.1 Å². The molecule has 3 aliphatic rings. The lowest BCUT2D eigenvalue weighted by atomic mass is 9.81. The number of nitrogens with zero attached hydrogens (tertiary/aromatic N) is 4. The van der Waals surface area contributed by atoms with Crippen molar-refractivity contribution >= 4 is 46.3 Å². The Hall–Kier alpha value is -6.55. The predicted octanol–water partition coefficient (Wildman–Crippen LogP) is 8.33. The first-order valence-electron chi connectivity index (χ1n) is 20.4. The molecule has 10 nitrogen and oxygen atoms in total. The number of aromatic nitrogens is 1. The third kappa shape index (κ3) is 8.06. The molecule has 0 atom stereocenters. The van der Waals surface area contributed by atoms with E-state index < -0.39 is 6.09 Å². The average molecular weight is 807 g/mol. The summed E-state index contributed by atoms with van der Waals surface area (Å²) in [6, 6.07) is 28.7. The van der Waals surface area contributed by atoms with E-state index in [1.807, 2.05) is 60.4 Å². The second-order valence-electron chi connectivity index (χ2n) is 16.4. The van der Waals surface area contributed by atoms with Crippen LogP contribution >= 0.6 is 0 Å². The number of pyridine rings is 1. The maximum Gasteiger partial charge on any atom is 0.414 e. The van der Waals surface area contributed by atoms with E-state index in [-0.39, 0.29) is 42.6 Å². The number of amides is 1. The summed E-state index contributed by atoms with van der Waals surface area (Å²) in [6.07, 6.45) is 11.9. The summed E-state index contributed by atoms with van der Waals surface area (Å²) in [4.78, 5) is 41.6. The van der Waals surface area contributed by atoms with E-state index in [9.17, 15) is 14.4 Å². The quantitative estimate of drug-likeness (QED) is 0.0808. The highest BCUT2D eigenvalue weighted by Gasteiger charge is 2.44. The van der Waals surface area contributed by atoms with Crippen molar-refractivity contribution in [3.8, 4) is 0 Å². The molecule has 308 valence electrons. The maximum atomic E-state index is 14.2. The van der Waals surface area contributed by atoms with Gasteiger partial charge in [0.15, 0.2) is 31.3 Å². The highest BCUT2D eigenvalue weighted by molar-refractivity contribution is 6.09. The Morgan fingerprint density at radius 3 is 2.15 bits per heavy atom. The second-order valence-corrected chi connectivity index (χ2v) is 16.4. The molecule has 4 aromatic rings. The van der Waals surface area contributed by atoms with E-state index in [0.717, 1.165) is 50.6 Å². The first-order chi connectivity index (χ1) is 28.7. The Labute approximate surface area is 353 Å². The Morgan fingerprint density at radius 1 is 0.750 bits per heavy atom. The van der Waals surface area contributed by atoms with Crippen LogP contribution in [0, 0.1) is 0 Å². The van der Waals surface area contributed by atoms with Crippen LogP contribution in [0.4, 0.5) is 16.2 Å². The van der Waals surface area contributed by atoms with Crippen LogP contribution in [0.15, 0.2) is 133 Å². The molecule has 2 aliphatic heterocycles. The number of carbonyl (C=O) groups excluding carboxylic acids is 3. The van der Waals surface area contributed by atoms with Gasteiger partial charge in [0.25, 0.3) is 0 Å². The van der Waals surface area contributed by atoms with E-state index in [1.165, 1.54) is 25.0 Å². The number of allylic oxidation sites excluding steroid dienone is 7. The largest absolute Gasteiger partial charge is 0.464 e. The topological polar surface area (TPSA) is 92.3 Å². The average Bonchev–Trinajstić information content (AvgIpc) is 3.73. The molecular formula is C50H54N4O6+2. The minimum atomic E-state index is -0.491. The summed E-state index contributed by atoms with van der Waals surface area (Å²) in [5.41, 5.74) is 11.1. The molecule has 3 aromatic carbocycles. The standard InChI is InChI=1S/C50H54N4O6/c1-34(55)58-30-28-53-43-21-13-11-19-41(43)49(3,4)45(53)25-23-39-37-17-9-10-18-38(37)40(47(39)52(8)48(57)60-33-36-16-15-27-51(7)32-36)24-26-46-50(5,6)42-20-12-14-22-44(42)54(46)29-31-59-35(2)56/h9-27,32H,28-31,33H2,1-8H3/q+2. The van der Waals surface area contributed by atoms with Crippen molar-refractivity contribution < 1.29 is 37.7 Å². The van der Waals surface area contributed by atoms with Gasteiger partial charge in [-0.1, -0.05) is 80.6 Å². The van der Waals surface area contributed by atoms with Crippen LogP contribution in [0.3, 0.4) is 0 Å². The van der Waals surface area contributed by atoms with Gasteiger partial charge in [-0.05, 0) is 54.8 Å². The molecule has 0 N–H and O–H groups in total. The number of benzene rings is 3. The maximum absolute atomic E-state index is 14.2. The lowest BCUT2D eigenvalue weighted by molar-refractivity contribution is -0.672. The fourth-order valence-electron chi connectivity index (χ4n) is 8.77. The van der Waals surface area contributed by atoms with Crippen LogP contribution in [-0.2, 0) is 48.3 Å². The van der Waals surface area contributed by atoms with Crippen LogP contribution in [0.1, 0.15) is 69.4 Å². The first-order valence-corrected chi connectivity index (χ1v) is 20.4. The Kier molecular flexibility index (Phi) is 11.8. The van der Waals surface area contributed by atoms with Gasteiger partial charge in [-0.25, -0.2) is 9.36 Å². The molecule has 7 rings (SSSR count). The number of rotatable bonds is 12. The number of hydrogen-bond acceptors (Lipinski definition) is 7. The third-order valence-electron chi connectivity index (χ3n) is 11.6. The molecular weight excluding hydrogens is 753 g/mol. The van der Waals surface area contributed by atoms with E-state index >= 15 is 0 Å². The fraction of sp³-hybridized carbons (Fsp3) is 0.300. The normalized spacial score (nSPS) is 17.3. The number of fused-ring (bicyclic) bond motifs is 3. The van der Waals surface area contributed by atoms with Crippen molar-refractivity contribution in [1.82, 2.24) is 4.90 Å². The van der Waals surface area contributed by atoms with Crippen LogP contribution in [0.5, 0.6) is 0 Å². The van der Waals surface area contributed by atoms with Gasteiger partial charge < -0.3 is 19.1 Å². The number of carbonyl (C=O) groups is 3. The van der Waals surface area contributed by atoms with Crippen molar-refractivity contribution in [3.63, 3.8) is 0 Å². The number of anilines is 1. The zero-order valence-electron chi connectivity index (χ0n) is 35.8. The summed E-state index contributed by atoms with van der Waals surface area (Å²) < 4.78 is 21.0. The molecule has 0 bridgehead atoms. The Balaban J connectivity index is 1.37. The Morgan fingerprint density at radius 2 is 1.42 bits per heavy atom. The van der Waals surface area contributed by atoms with Gasteiger partial charge in [-0.15, -0.1) is 0 Å². The molecule has 1 aromatic heterocycles. The molecule has 1 aliphatic carbocycles. The van der Waals surface area contributed by atoms with Crippen molar-refractivity contribution in [2.24, 2.45) is 7.05 Å². The molecule has 0 saturated heterocycles. The van der Waals surface area contributed by atoms with Crippen LogP contribution < -0.4 is 9.47 Å². The molecule has 0 unspecified atom stereocenters. The van der Waals surface area contributed by atoms with Gasteiger partial charge >= 0.3 is 18.0 Å². The van der Waals surface area contributed by atoms with Crippen LogP contribution in [-0.4, -0.2) is 66.6 Å². The summed E-state index contributed by atoms with van der Waals surface area (Å²) in [5, 5.41) is 0. The van der Waals surface area contributed by atoms with Gasteiger partial charge in [0, 0.05) is 72.6 Å². The monoisotopic (exact) mass is 806 g/mol. The summed E-state index contributed by atoms with van der Waals surface area (Å²) in [7, 11) is 3.70. The fourth-order valence-corrected chi connectivity index (χ4v) is 8.77. The molecule has 0 radical (unpaired) electrons. The summed E-state index contributed by atoms with van der Waals surface area (Å²) >= 11 is 0. The minimum Gasteiger partial charge on any atom is -0.464 e. The second kappa shape index (κ2) is 17.0. The zero-order valence-corrected chi connectivity index (χ0v) is 35.8. The lowest BCUT2D eigenvalue weighted by Gasteiger charge is -2.27. The first kappa shape index (κ1) is 41.6. The van der Waals surface area contributed by atoms with Gasteiger partial charge in [0.1, 0.15) is 20.3 Å². The molecule has 3 heterocycles. The highest BCUT2D eigenvalue weighted by atomic mass is 16.6. The molecule has 0 fully saturated rings. The minimum absolute atomic E-state index is 0.109. The van der Waals surface area contributed by atoms with Crippen LogP contribution in [0.2, 0.25) is 0 Å². The number of likely N-dealkylation sites (N-methyl/N-ethyl adjacent to an activating group) is 1. The van der Waals surface area contributed by atoms with Gasteiger partial charge in [-0.3, -0.25) is 14.5 Å². The van der Waals surface area contributed by atoms with E-state index in [2.05, 4.69) is 110 Å².